The Bertz CT molecular complexity index is 930. The van der Waals surface area contributed by atoms with E-state index < -0.39 is 0 Å². The first-order valence-electron chi connectivity index (χ1n) is 8.34. The molecule has 1 aliphatic heterocycles. The van der Waals surface area contributed by atoms with E-state index in [1.54, 1.807) is 11.3 Å². The van der Waals surface area contributed by atoms with Crippen molar-refractivity contribution in [2.75, 3.05) is 18.4 Å². The van der Waals surface area contributed by atoms with E-state index in [1.807, 2.05) is 25.1 Å². The quantitative estimate of drug-likeness (QED) is 0.547. The van der Waals surface area contributed by atoms with Gasteiger partial charge in [0.25, 0.3) is 0 Å². The third-order valence-corrected chi connectivity index (χ3v) is 6.85. The molecular formula is C18H19N3O2S2. The average molecular weight is 374 g/mol. The number of quaternary nitrogens is 1. The van der Waals surface area contributed by atoms with Gasteiger partial charge in [-0.05, 0) is 24.6 Å². The van der Waals surface area contributed by atoms with Crippen LogP contribution in [0.15, 0.2) is 24.3 Å². The molecule has 5 nitrogen and oxygen atoms in total. The first-order chi connectivity index (χ1) is 12.0. The largest absolute Gasteiger partial charge is 0.633 e. The van der Waals surface area contributed by atoms with Crippen molar-refractivity contribution in [2.45, 2.75) is 26.8 Å². The number of hydroxylamine groups is 3. The predicted molar refractivity (Wildman–Crippen MR) is 104 cm³/mol. The Balaban J connectivity index is 1.87. The third-order valence-electron chi connectivity index (χ3n) is 4.67. The molecule has 2 aromatic heterocycles. The summed E-state index contributed by atoms with van der Waals surface area (Å²) >= 11 is 3.17. The van der Waals surface area contributed by atoms with Crippen LogP contribution in [0.4, 0.5) is 5.00 Å². The van der Waals surface area contributed by atoms with Crippen molar-refractivity contribution in [3.05, 3.63) is 39.9 Å². The number of carbonyl (C=O) groups is 1. The number of nitrogens with zero attached hydrogens (tertiary/aromatic N) is 2. The molecular weight excluding hydrogens is 354 g/mol. The maximum absolute atomic E-state index is 12.7. The zero-order valence-electron chi connectivity index (χ0n) is 14.2. The summed E-state index contributed by atoms with van der Waals surface area (Å²) in [5.41, 5.74) is 3.17. The van der Waals surface area contributed by atoms with Crippen LogP contribution in [0.3, 0.4) is 0 Å². The van der Waals surface area contributed by atoms with Crippen LogP contribution in [0.5, 0.6) is 0 Å². The van der Waals surface area contributed by atoms with E-state index in [2.05, 4.69) is 11.4 Å². The number of amides is 1. The number of anilines is 1. The van der Waals surface area contributed by atoms with Crippen molar-refractivity contribution in [2.24, 2.45) is 0 Å². The Morgan fingerprint density at radius 2 is 2.16 bits per heavy atom. The SMILES string of the molecule is CC[N+]1([O-])CCc2c(sc(NC(C)=O)c2-c2nc3ccccc3s2)C1. The Kier molecular flexibility index (Phi) is 4.11. The van der Waals surface area contributed by atoms with Crippen LogP contribution in [0.1, 0.15) is 24.3 Å². The van der Waals surface area contributed by atoms with Gasteiger partial charge in [-0.2, -0.15) is 0 Å². The first-order valence-corrected chi connectivity index (χ1v) is 9.97. The molecule has 3 aromatic rings. The number of nitrogens with one attached hydrogen (secondary N) is 1. The smallest absolute Gasteiger partial charge is 0.221 e. The zero-order valence-corrected chi connectivity index (χ0v) is 15.8. The Labute approximate surface area is 154 Å². The van der Waals surface area contributed by atoms with Crippen molar-refractivity contribution in [1.29, 1.82) is 0 Å². The van der Waals surface area contributed by atoms with Gasteiger partial charge in [-0.15, -0.1) is 22.7 Å². The molecule has 4 rings (SSSR count). The molecule has 25 heavy (non-hydrogen) atoms. The lowest BCUT2D eigenvalue weighted by atomic mass is 10.0. The number of thiazole rings is 1. The van der Waals surface area contributed by atoms with Gasteiger partial charge < -0.3 is 15.2 Å². The molecule has 3 heterocycles. The molecule has 0 spiro atoms. The number of rotatable bonds is 3. The Morgan fingerprint density at radius 1 is 1.36 bits per heavy atom. The number of para-hydroxylation sites is 1. The number of fused-ring (bicyclic) bond motifs is 2. The second kappa shape index (κ2) is 6.17. The molecule has 0 bridgehead atoms. The van der Waals surface area contributed by atoms with Crippen molar-refractivity contribution in [1.82, 2.24) is 4.98 Å². The van der Waals surface area contributed by atoms with Crippen molar-refractivity contribution in [3.63, 3.8) is 0 Å². The van der Waals surface area contributed by atoms with Gasteiger partial charge in [0.1, 0.15) is 16.6 Å². The zero-order chi connectivity index (χ0) is 17.6. The molecule has 1 amide bonds. The lowest BCUT2D eigenvalue weighted by Gasteiger charge is -2.44. The number of likely N-dealkylation sites (N-methyl/N-ethyl adjacent to an activating group) is 1. The van der Waals surface area contributed by atoms with Crippen LogP contribution >= 0.6 is 22.7 Å². The van der Waals surface area contributed by atoms with E-state index in [0.29, 0.717) is 19.6 Å². The Hall–Kier alpha value is -1.80. The highest BCUT2D eigenvalue weighted by atomic mass is 32.1. The van der Waals surface area contributed by atoms with Crippen LogP contribution in [-0.4, -0.2) is 28.6 Å². The van der Waals surface area contributed by atoms with Crippen LogP contribution in [0.25, 0.3) is 20.8 Å². The molecule has 1 atom stereocenters. The summed E-state index contributed by atoms with van der Waals surface area (Å²) in [7, 11) is 0. The number of aromatic nitrogens is 1. The number of carbonyl (C=O) groups excluding carboxylic acids is 1. The Morgan fingerprint density at radius 3 is 2.88 bits per heavy atom. The van der Waals surface area contributed by atoms with Crippen LogP contribution in [0.2, 0.25) is 0 Å². The fourth-order valence-electron chi connectivity index (χ4n) is 3.28. The van der Waals surface area contributed by atoms with Gasteiger partial charge in [-0.3, -0.25) is 4.79 Å². The average Bonchev–Trinajstić information content (AvgIpc) is 3.13. The second-order valence-corrected chi connectivity index (χ2v) is 8.52. The van der Waals surface area contributed by atoms with E-state index >= 15 is 0 Å². The summed E-state index contributed by atoms with van der Waals surface area (Å²) in [6.07, 6.45) is 0.730. The van der Waals surface area contributed by atoms with Gasteiger partial charge in [-0.25, -0.2) is 4.98 Å². The molecule has 0 aliphatic carbocycles. The highest BCUT2D eigenvalue weighted by Crippen LogP contribution is 2.46. The lowest BCUT2D eigenvalue weighted by molar-refractivity contribution is -0.893. The van der Waals surface area contributed by atoms with E-state index in [4.69, 9.17) is 4.98 Å². The normalized spacial score (nSPS) is 19.8. The predicted octanol–water partition coefficient (Wildman–Crippen LogP) is 4.37. The molecule has 1 aromatic carbocycles. The molecule has 0 saturated heterocycles. The summed E-state index contributed by atoms with van der Waals surface area (Å²) in [5, 5.41) is 17.4. The van der Waals surface area contributed by atoms with Gasteiger partial charge in [0.2, 0.25) is 5.91 Å². The summed E-state index contributed by atoms with van der Waals surface area (Å²) < 4.78 is 0.941. The highest BCUT2D eigenvalue weighted by molar-refractivity contribution is 7.22. The van der Waals surface area contributed by atoms with E-state index in [1.165, 1.54) is 23.8 Å². The standard InChI is InChI=1S/C18H19N3O2S2/c1-3-21(23)9-8-12-15(10-21)25-17(19-11(2)22)16(12)18-20-13-6-4-5-7-14(13)24-18/h4-7H,3,8-10H2,1-2H3,(H,19,22). The van der Waals surface area contributed by atoms with Gasteiger partial charge in [-0.1, -0.05) is 12.1 Å². The summed E-state index contributed by atoms with van der Waals surface area (Å²) in [6.45, 7) is 5.09. The van der Waals surface area contributed by atoms with Crippen molar-refractivity contribution < 1.29 is 9.44 Å². The summed E-state index contributed by atoms with van der Waals surface area (Å²) in [5.74, 6) is -0.0978. The van der Waals surface area contributed by atoms with E-state index in [9.17, 15) is 10.0 Å². The minimum atomic E-state index is -0.188. The third kappa shape index (κ3) is 2.97. The number of hydrogen-bond donors (Lipinski definition) is 1. The molecule has 130 valence electrons. The molecule has 0 saturated carbocycles. The molecule has 7 heteroatoms. The van der Waals surface area contributed by atoms with Crippen molar-refractivity contribution >= 4 is 43.8 Å². The van der Waals surface area contributed by atoms with Gasteiger partial charge in [0, 0.05) is 18.9 Å². The minimum Gasteiger partial charge on any atom is -0.633 e. The molecule has 1 unspecified atom stereocenters. The molecule has 0 radical (unpaired) electrons. The summed E-state index contributed by atoms with van der Waals surface area (Å²) in [6, 6.07) is 8.05. The number of hydrogen-bond acceptors (Lipinski definition) is 5. The van der Waals surface area contributed by atoms with Crippen molar-refractivity contribution in [3.8, 4) is 10.6 Å². The van der Waals surface area contributed by atoms with Gasteiger partial charge in [0.05, 0.1) is 28.2 Å². The number of thiophene rings is 1. The van der Waals surface area contributed by atoms with Crippen LogP contribution in [-0.2, 0) is 17.8 Å². The van der Waals surface area contributed by atoms with Gasteiger partial charge in [0.15, 0.2) is 0 Å². The minimum absolute atomic E-state index is 0.0978. The second-order valence-electron chi connectivity index (χ2n) is 6.38. The maximum atomic E-state index is 12.7. The highest BCUT2D eigenvalue weighted by Gasteiger charge is 2.31. The number of benzene rings is 1. The maximum Gasteiger partial charge on any atom is 0.221 e. The van der Waals surface area contributed by atoms with E-state index in [0.717, 1.165) is 37.1 Å². The summed E-state index contributed by atoms with van der Waals surface area (Å²) in [4.78, 5) is 17.5. The monoisotopic (exact) mass is 373 g/mol. The van der Waals surface area contributed by atoms with Gasteiger partial charge >= 0.3 is 0 Å². The van der Waals surface area contributed by atoms with E-state index in [-0.39, 0.29) is 10.6 Å². The lowest BCUT2D eigenvalue weighted by Crippen LogP contribution is -2.45. The van der Waals surface area contributed by atoms with Crippen LogP contribution < -0.4 is 5.32 Å². The molecule has 1 N–H and O–H groups in total. The fourth-order valence-corrected chi connectivity index (χ4v) is 5.78. The van der Waals surface area contributed by atoms with Crippen LogP contribution in [0, 0.1) is 5.21 Å². The molecule has 1 aliphatic rings. The molecule has 0 fully saturated rings. The fraction of sp³-hybridized carbons (Fsp3) is 0.333. The first kappa shape index (κ1) is 16.7. The topological polar surface area (TPSA) is 65.0 Å².